The largest absolute Gasteiger partial charge is 0.423 e. The summed E-state index contributed by atoms with van der Waals surface area (Å²) >= 11 is 7.57. The Kier molecular flexibility index (Phi) is 6.41. The van der Waals surface area contributed by atoms with Gasteiger partial charge in [-0.15, -0.1) is 0 Å². The van der Waals surface area contributed by atoms with Crippen LogP contribution in [-0.4, -0.2) is 23.3 Å². The molecule has 3 aromatic carbocycles. The van der Waals surface area contributed by atoms with E-state index in [1.807, 2.05) is 36.4 Å². The Bertz CT molecular complexity index is 1640. The highest BCUT2D eigenvalue weighted by molar-refractivity contribution is 7.98. The maximum atomic E-state index is 13.3. The number of halogens is 1. The summed E-state index contributed by atoms with van der Waals surface area (Å²) in [6, 6.07) is 18.4. The molecule has 0 saturated carbocycles. The van der Waals surface area contributed by atoms with Gasteiger partial charge in [-0.2, -0.15) is 0 Å². The van der Waals surface area contributed by atoms with E-state index in [1.54, 1.807) is 29.9 Å². The van der Waals surface area contributed by atoms with Gasteiger partial charge in [0.15, 0.2) is 5.16 Å². The molecular weight excluding hydrogens is 472 g/mol. The van der Waals surface area contributed by atoms with Gasteiger partial charge in [0.25, 0.3) is 5.56 Å². The Balaban J connectivity index is 1.61. The number of methoxy groups -OCH3 is 1. The number of hydrogen-bond donors (Lipinski definition) is 0. The molecule has 2 aromatic heterocycles. The van der Waals surface area contributed by atoms with Crippen LogP contribution in [0.1, 0.15) is 12.0 Å². The quantitative estimate of drug-likeness (QED) is 0.0962. The van der Waals surface area contributed by atoms with Gasteiger partial charge in [-0.3, -0.25) is 9.36 Å². The van der Waals surface area contributed by atoms with Crippen molar-refractivity contribution in [3.8, 4) is 0 Å². The highest BCUT2D eigenvalue weighted by atomic mass is 35.5. The van der Waals surface area contributed by atoms with Crippen LogP contribution < -0.4 is 11.2 Å². The smallest absolute Gasteiger partial charge is 0.336 e. The van der Waals surface area contributed by atoms with Crippen molar-refractivity contribution in [3.05, 3.63) is 92.0 Å². The van der Waals surface area contributed by atoms with E-state index < -0.39 is 5.63 Å². The van der Waals surface area contributed by atoms with E-state index in [4.69, 9.17) is 25.7 Å². The van der Waals surface area contributed by atoms with Crippen LogP contribution in [0.2, 0.25) is 5.02 Å². The molecule has 5 aromatic rings. The molecule has 0 saturated heterocycles. The lowest BCUT2D eigenvalue weighted by Gasteiger charge is -2.14. The molecule has 172 valence electrons. The summed E-state index contributed by atoms with van der Waals surface area (Å²) in [5.41, 5.74) is 1.39. The van der Waals surface area contributed by atoms with E-state index in [0.717, 1.165) is 21.7 Å². The van der Waals surface area contributed by atoms with E-state index in [9.17, 15) is 9.59 Å². The second kappa shape index (κ2) is 9.62. The maximum absolute atomic E-state index is 13.3. The standard InChI is InChI=1S/C26H21ClN2O4S/c1-32-12-4-11-29-25(31)20-9-8-18(27)14-21(20)28-26(29)34-15-17-13-23(30)33-22-10-7-16-5-2-3-6-19(16)24(17)22/h2-3,5-10,13-14H,4,11-12,15H2,1H3. The average molecular weight is 493 g/mol. The summed E-state index contributed by atoms with van der Waals surface area (Å²) in [7, 11) is 1.63. The summed E-state index contributed by atoms with van der Waals surface area (Å²) in [6.07, 6.45) is 0.674. The number of aromatic nitrogens is 2. The van der Waals surface area contributed by atoms with Crippen LogP contribution in [0.5, 0.6) is 0 Å². The summed E-state index contributed by atoms with van der Waals surface area (Å²) in [5.74, 6) is 0.443. The van der Waals surface area contributed by atoms with Crippen LogP contribution in [-0.2, 0) is 17.0 Å². The Morgan fingerprint density at radius 2 is 1.91 bits per heavy atom. The second-order valence-corrected chi connectivity index (χ2v) is 9.28. The van der Waals surface area contributed by atoms with Gasteiger partial charge < -0.3 is 9.15 Å². The van der Waals surface area contributed by atoms with Crippen molar-refractivity contribution in [3.63, 3.8) is 0 Å². The third-order valence-corrected chi connectivity index (χ3v) is 6.94. The van der Waals surface area contributed by atoms with Crippen molar-refractivity contribution in [1.29, 1.82) is 0 Å². The number of benzene rings is 3. The van der Waals surface area contributed by atoms with Crippen molar-refractivity contribution >= 4 is 56.0 Å². The minimum absolute atomic E-state index is 0.122. The zero-order valence-corrected chi connectivity index (χ0v) is 20.0. The van der Waals surface area contributed by atoms with Gasteiger partial charge in [-0.05, 0) is 47.0 Å². The minimum Gasteiger partial charge on any atom is -0.423 e. The van der Waals surface area contributed by atoms with E-state index in [2.05, 4.69) is 0 Å². The van der Waals surface area contributed by atoms with Crippen LogP contribution in [0, 0.1) is 0 Å². The van der Waals surface area contributed by atoms with Gasteiger partial charge in [0.05, 0.1) is 10.9 Å². The van der Waals surface area contributed by atoms with Gasteiger partial charge in [-0.1, -0.05) is 53.7 Å². The van der Waals surface area contributed by atoms with Crippen molar-refractivity contribution in [2.45, 2.75) is 23.9 Å². The molecule has 0 bridgehead atoms. The molecule has 0 radical (unpaired) electrons. The van der Waals surface area contributed by atoms with Gasteiger partial charge in [0.1, 0.15) is 5.58 Å². The SMILES string of the molecule is COCCCn1c(SCc2cc(=O)oc3ccc4ccccc4c23)nc2cc(Cl)ccc2c1=O. The normalized spacial score (nSPS) is 11.6. The first-order valence-corrected chi connectivity index (χ1v) is 12.2. The Labute approximate surface area is 204 Å². The van der Waals surface area contributed by atoms with Crippen molar-refractivity contribution in [2.75, 3.05) is 13.7 Å². The first kappa shape index (κ1) is 22.7. The topological polar surface area (TPSA) is 74.3 Å². The first-order valence-electron chi connectivity index (χ1n) is 10.8. The lowest BCUT2D eigenvalue weighted by atomic mass is 10.0. The lowest BCUT2D eigenvalue weighted by molar-refractivity contribution is 0.189. The first-order chi connectivity index (χ1) is 16.5. The number of hydrogen-bond acceptors (Lipinski definition) is 6. The van der Waals surface area contributed by atoms with Crippen molar-refractivity contribution in [1.82, 2.24) is 9.55 Å². The average Bonchev–Trinajstić information content (AvgIpc) is 2.83. The van der Waals surface area contributed by atoms with E-state index in [-0.39, 0.29) is 5.56 Å². The summed E-state index contributed by atoms with van der Waals surface area (Å²) in [6.45, 7) is 1.01. The van der Waals surface area contributed by atoms with E-state index in [1.165, 1.54) is 17.8 Å². The van der Waals surface area contributed by atoms with E-state index >= 15 is 0 Å². The van der Waals surface area contributed by atoms with Crippen molar-refractivity contribution < 1.29 is 9.15 Å². The molecular formula is C26H21ClN2O4S. The number of fused-ring (bicyclic) bond motifs is 4. The molecule has 0 spiro atoms. The predicted molar refractivity (Wildman–Crippen MR) is 137 cm³/mol. The van der Waals surface area contributed by atoms with Crippen LogP contribution in [0.25, 0.3) is 32.6 Å². The maximum Gasteiger partial charge on any atom is 0.336 e. The molecule has 0 fully saturated rings. The van der Waals surface area contributed by atoms with Crippen LogP contribution in [0.3, 0.4) is 0 Å². The third-order valence-electron chi connectivity index (χ3n) is 5.68. The van der Waals surface area contributed by atoms with Crippen LogP contribution in [0.15, 0.2) is 79.8 Å². The molecule has 8 heteroatoms. The minimum atomic E-state index is -0.408. The summed E-state index contributed by atoms with van der Waals surface area (Å²) in [5, 5.41) is 4.56. The Hall–Kier alpha value is -3.13. The third kappa shape index (κ3) is 4.34. The van der Waals surface area contributed by atoms with Crippen LogP contribution >= 0.6 is 23.4 Å². The number of thioether (sulfide) groups is 1. The fourth-order valence-electron chi connectivity index (χ4n) is 4.12. The zero-order valence-electron chi connectivity index (χ0n) is 18.4. The molecule has 0 amide bonds. The summed E-state index contributed by atoms with van der Waals surface area (Å²) < 4.78 is 12.3. The fourth-order valence-corrected chi connectivity index (χ4v) is 5.30. The van der Waals surface area contributed by atoms with Gasteiger partial charge in [0, 0.05) is 42.5 Å². The Morgan fingerprint density at radius 3 is 2.76 bits per heavy atom. The lowest BCUT2D eigenvalue weighted by Crippen LogP contribution is -2.24. The van der Waals surface area contributed by atoms with Crippen molar-refractivity contribution in [2.24, 2.45) is 0 Å². The van der Waals surface area contributed by atoms with Gasteiger partial charge >= 0.3 is 5.63 Å². The molecule has 2 heterocycles. The molecule has 0 N–H and O–H groups in total. The molecule has 0 aliphatic carbocycles. The predicted octanol–water partition coefficient (Wildman–Crippen LogP) is 5.64. The summed E-state index contributed by atoms with van der Waals surface area (Å²) in [4.78, 5) is 30.3. The van der Waals surface area contributed by atoms with E-state index in [0.29, 0.717) is 52.0 Å². The van der Waals surface area contributed by atoms with Crippen LogP contribution in [0.4, 0.5) is 0 Å². The number of rotatable bonds is 7. The molecule has 6 nitrogen and oxygen atoms in total. The zero-order chi connectivity index (χ0) is 23.7. The molecule has 0 atom stereocenters. The fraction of sp³-hybridized carbons (Fsp3) is 0.192. The molecule has 0 aliphatic rings. The number of ether oxygens (including phenoxy) is 1. The van der Waals surface area contributed by atoms with Gasteiger partial charge in [0.2, 0.25) is 0 Å². The highest BCUT2D eigenvalue weighted by Crippen LogP contribution is 2.31. The molecule has 0 unspecified atom stereocenters. The molecule has 5 rings (SSSR count). The number of nitrogens with zero attached hydrogens (tertiary/aromatic N) is 2. The monoisotopic (exact) mass is 492 g/mol. The van der Waals surface area contributed by atoms with Gasteiger partial charge in [-0.25, -0.2) is 9.78 Å². The Morgan fingerprint density at radius 1 is 1.06 bits per heavy atom. The molecule has 0 aliphatic heterocycles. The second-order valence-electron chi connectivity index (χ2n) is 7.90. The molecule has 34 heavy (non-hydrogen) atoms. The highest BCUT2D eigenvalue weighted by Gasteiger charge is 2.15.